The minimum Gasteiger partial charge on any atom is -0.493 e. The molecule has 2 aliphatic rings. The zero-order chi connectivity index (χ0) is 16.6. The van der Waals surface area contributed by atoms with Crippen molar-refractivity contribution in [2.75, 3.05) is 26.4 Å². The lowest BCUT2D eigenvalue weighted by Gasteiger charge is -2.28. The molecule has 0 aliphatic carbocycles. The summed E-state index contributed by atoms with van der Waals surface area (Å²) in [5.41, 5.74) is 0.866. The number of benzene rings is 1. The molecule has 2 heterocycles. The van der Waals surface area contributed by atoms with Crippen LogP contribution in [-0.2, 0) is 20.1 Å². The third-order valence-corrected chi connectivity index (χ3v) is 4.48. The van der Waals surface area contributed by atoms with Gasteiger partial charge in [-0.2, -0.15) is 0 Å². The molecule has 0 aromatic heterocycles. The molecule has 2 aliphatic heterocycles. The second kappa shape index (κ2) is 6.26. The highest BCUT2D eigenvalue weighted by Gasteiger charge is 2.40. The summed E-state index contributed by atoms with van der Waals surface area (Å²) in [6.45, 7) is 5.16. The summed E-state index contributed by atoms with van der Waals surface area (Å²) in [5, 5.41) is 2.69. The number of halogens is 2. The van der Waals surface area contributed by atoms with Crippen molar-refractivity contribution >= 4 is 17.5 Å². The average molecular weight is 344 g/mol. The maximum absolute atomic E-state index is 14.7. The van der Waals surface area contributed by atoms with Crippen LogP contribution in [0.1, 0.15) is 37.3 Å². The largest absolute Gasteiger partial charge is 0.493 e. The minimum absolute atomic E-state index is 0.0295. The summed E-state index contributed by atoms with van der Waals surface area (Å²) in [7, 11) is 0. The van der Waals surface area contributed by atoms with E-state index < -0.39 is 11.6 Å². The molecule has 0 saturated carbocycles. The quantitative estimate of drug-likeness (QED) is 0.913. The minimum atomic E-state index is -1.04. The highest BCUT2D eigenvalue weighted by Crippen LogP contribution is 2.45. The summed E-state index contributed by atoms with van der Waals surface area (Å²) < 4.78 is 31.8. The summed E-state index contributed by atoms with van der Waals surface area (Å²) in [5.74, 6) is -1.67. The first kappa shape index (κ1) is 16.5. The Morgan fingerprint density at radius 1 is 1.48 bits per heavy atom. The van der Waals surface area contributed by atoms with Crippen molar-refractivity contribution in [3.05, 3.63) is 28.0 Å². The Kier molecular flexibility index (Phi) is 4.49. The van der Waals surface area contributed by atoms with Gasteiger partial charge in [-0.05, 0) is 19.9 Å². The summed E-state index contributed by atoms with van der Waals surface area (Å²) in [6.07, 6.45) is 0.204. The molecule has 0 radical (unpaired) electrons. The van der Waals surface area contributed by atoms with E-state index in [1.54, 1.807) is 6.92 Å². The summed E-state index contributed by atoms with van der Waals surface area (Å²) >= 11 is 6.10. The van der Waals surface area contributed by atoms with Gasteiger partial charge in [0.05, 0.1) is 30.4 Å². The molecule has 126 valence electrons. The van der Waals surface area contributed by atoms with Crippen LogP contribution in [-0.4, -0.2) is 32.3 Å². The first-order chi connectivity index (χ1) is 11.0. The number of ether oxygens (including phenoxy) is 3. The zero-order valence-corrected chi connectivity index (χ0v) is 13.8. The van der Waals surface area contributed by atoms with Crippen molar-refractivity contribution in [1.82, 2.24) is 5.32 Å². The molecule has 1 N–H and O–H groups in total. The highest BCUT2D eigenvalue weighted by atomic mass is 35.5. The number of carbonyl (C=O) groups is 1. The van der Waals surface area contributed by atoms with E-state index in [-0.39, 0.29) is 23.3 Å². The molecular formula is C16H19ClFNO4. The van der Waals surface area contributed by atoms with Crippen LogP contribution < -0.4 is 10.1 Å². The van der Waals surface area contributed by atoms with E-state index in [0.29, 0.717) is 43.2 Å². The van der Waals surface area contributed by atoms with Crippen molar-refractivity contribution in [1.29, 1.82) is 0 Å². The third-order valence-electron chi connectivity index (χ3n) is 4.21. The molecule has 7 heteroatoms. The lowest BCUT2D eigenvalue weighted by Crippen LogP contribution is -2.25. The fraction of sp³-hybridized carbons (Fsp3) is 0.562. The van der Waals surface area contributed by atoms with Gasteiger partial charge in [-0.25, -0.2) is 4.39 Å². The monoisotopic (exact) mass is 343 g/mol. The number of nitrogens with one attached hydrogen (secondary N) is 1. The van der Waals surface area contributed by atoms with Crippen molar-refractivity contribution < 1.29 is 23.4 Å². The molecule has 2 fully saturated rings. The summed E-state index contributed by atoms with van der Waals surface area (Å²) in [4.78, 5) is 11.5. The molecular weight excluding hydrogens is 325 g/mol. The van der Waals surface area contributed by atoms with Crippen LogP contribution in [0.4, 0.5) is 4.39 Å². The van der Waals surface area contributed by atoms with Crippen LogP contribution >= 0.6 is 11.6 Å². The SMILES string of the molecule is CCOc1c(C2(C)OCCO2)cc(Cl)c(F)c1C1CNC(=O)C1. The van der Waals surface area contributed by atoms with Crippen LogP contribution in [0.5, 0.6) is 5.75 Å². The predicted molar refractivity (Wildman–Crippen MR) is 82.2 cm³/mol. The Morgan fingerprint density at radius 2 is 2.17 bits per heavy atom. The maximum atomic E-state index is 14.7. The van der Waals surface area contributed by atoms with Gasteiger partial charge in [-0.15, -0.1) is 0 Å². The van der Waals surface area contributed by atoms with Gasteiger partial charge in [-0.3, -0.25) is 4.79 Å². The van der Waals surface area contributed by atoms with Crippen LogP contribution in [0.2, 0.25) is 5.02 Å². The average Bonchev–Trinajstić information content (AvgIpc) is 3.13. The Balaban J connectivity index is 2.16. The van der Waals surface area contributed by atoms with E-state index >= 15 is 0 Å². The van der Waals surface area contributed by atoms with E-state index in [4.69, 9.17) is 25.8 Å². The van der Waals surface area contributed by atoms with Gasteiger partial charge in [-0.1, -0.05) is 11.6 Å². The Labute approximate surface area is 139 Å². The molecule has 0 spiro atoms. The molecule has 1 aromatic rings. The molecule has 1 unspecified atom stereocenters. The molecule has 1 atom stereocenters. The Hall–Kier alpha value is -1.37. The van der Waals surface area contributed by atoms with Crippen molar-refractivity contribution in [3.63, 3.8) is 0 Å². The van der Waals surface area contributed by atoms with Crippen LogP contribution in [0.3, 0.4) is 0 Å². The third kappa shape index (κ3) is 2.91. The molecule has 2 saturated heterocycles. The first-order valence-electron chi connectivity index (χ1n) is 7.66. The predicted octanol–water partition coefficient (Wildman–Crippen LogP) is 2.70. The van der Waals surface area contributed by atoms with E-state index in [1.165, 1.54) is 6.07 Å². The normalized spacial score (nSPS) is 23.1. The van der Waals surface area contributed by atoms with E-state index in [1.807, 2.05) is 6.92 Å². The van der Waals surface area contributed by atoms with Crippen LogP contribution in [0.15, 0.2) is 6.07 Å². The highest BCUT2D eigenvalue weighted by molar-refractivity contribution is 6.31. The maximum Gasteiger partial charge on any atom is 0.220 e. The molecule has 5 nitrogen and oxygen atoms in total. The van der Waals surface area contributed by atoms with E-state index in [2.05, 4.69) is 5.32 Å². The zero-order valence-electron chi connectivity index (χ0n) is 13.1. The number of carbonyl (C=O) groups excluding carboxylic acids is 1. The van der Waals surface area contributed by atoms with Crippen molar-refractivity contribution in [3.8, 4) is 5.75 Å². The molecule has 23 heavy (non-hydrogen) atoms. The van der Waals surface area contributed by atoms with Gasteiger partial charge >= 0.3 is 0 Å². The molecule has 1 aromatic carbocycles. The smallest absolute Gasteiger partial charge is 0.220 e. The standard InChI is InChI=1S/C16H19ClFNO4/c1-3-21-15-10(16(2)22-4-5-23-16)7-11(17)14(18)13(15)9-6-12(20)19-8-9/h7,9H,3-6,8H2,1-2H3,(H,19,20). The van der Waals surface area contributed by atoms with Gasteiger partial charge in [0, 0.05) is 24.4 Å². The van der Waals surface area contributed by atoms with Crippen molar-refractivity contribution in [2.45, 2.75) is 32.0 Å². The number of hydrogen-bond donors (Lipinski definition) is 1. The Morgan fingerprint density at radius 3 is 2.74 bits per heavy atom. The molecule has 0 bridgehead atoms. The Bertz CT molecular complexity index is 631. The van der Waals surface area contributed by atoms with E-state index in [0.717, 1.165) is 0 Å². The van der Waals surface area contributed by atoms with Gasteiger partial charge in [0.1, 0.15) is 11.6 Å². The fourth-order valence-electron chi connectivity index (χ4n) is 3.11. The number of hydrogen-bond acceptors (Lipinski definition) is 4. The number of amides is 1. The molecule has 1 amide bonds. The van der Waals surface area contributed by atoms with Crippen molar-refractivity contribution in [2.24, 2.45) is 0 Å². The first-order valence-corrected chi connectivity index (χ1v) is 8.04. The topological polar surface area (TPSA) is 56.8 Å². The van der Waals surface area contributed by atoms with E-state index in [9.17, 15) is 9.18 Å². The second-order valence-corrected chi connectivity index (χ2v) is 6.15. The van der Waals surface area contributed by atoms with Crippen LogP contribution in [0, 0.1) is 5.82 Å². The second-order valence-electron chi connectivity index (χ2n) is 5.74. The molecule has 3 rings (SSSR count). The van der Waals surface area contributed by atoms with Gasteiger partial charge in [0.2, 0.25) is 5.91 Å². The fourth-order valence-corrected chi connectivity index (χ4v) is 3.32. The van der Waals surface area contributed by atoms with Gasteiger partial charge in [0.25, 0.3) is 0 Å². The van der Waals surface area contributed by atoms with Gasteiger partial charge < -0.3 is 19.5 Å². The van der Waals surface area contributed by atoms with Gasteiger partial charge in [0.15, 0.2) is 5.79 Å². The van der Waals surface area contributed by atoms with Crippen LogP contribution in [0.25, 0.3) is 0 Å². The summed E-state index contributed by atoms with van der Waals surface area (Å²) in [6, 6.07) is 1.49. The lowest BCUT2D eigenvalue weighted by molar-refractivity contribution is -0.150. The lowest BCUT2D eigenvalue weighted by atomic mass is 9.92. The number of rotatable bonds is 4.